The number of anilines is 1. The Morgan fingerprint density at radius 2 is 1.62 bits per heavy atom. The normalized spacial score (nSPS) is 17.3. The molecule has 1 heterocycles. The summed E-state index contributed by atoms with van der Waals surface area (Å²) < 4.78 is 5.49. The van der Waals surface area contributed by atoms with Crippen LogP contribution < -0.4 is 9.64 Å². The van der Waals surface area contributed by atoms with Crippen molar-refractivity contribution < 1.29 is 14.3 Å². The number of piperazine rings is 1. The maximum Gasteiger partial charge on any atom is 0.261 e. The Morgan fingerprint density at radius 3 is 2.23 bits per heavy atom. The highest BCUT2D eigenvalue weighted by Gasteiger charge is 2.35. The molecule has 0 spiro atoms. The van der Waals surface area contributed by atoms with Gasteiger partial charge in [0.25, 0.3) is 5.91 Å². The van der Waals surface area contributed by atoms with Crippen LogP contribution in [0.2, 0.25) is 10.0 Å². The SMILES string of the molecule is C[C@H]1C(=O)N(c2ccc(Cl)cc2)CCN1C(=O)COc1ccc(Cl)cc1. The predicted molar refractivity (Wildman–Crippen MR) is 102 cm³/mol. The second-order valence-electron chi connectivity index (χ2n) is 5.97. The molecular weight excluding hydrogens is 375 g/mol. The molecule has 0 aliphatic carbocycles. The van der Waals surface area contributed by atoms with Gasteiger partial charge in [-0.25, -0.2) is 0 Å². The molecular formula is C19H18Cl2N2O3. The van der Waals surface area contributed by atoms with Gasteiger partial charge in [-0.05, 0) is 55.5 Å². The lowest BCUT2D eigenvalue weighted by atomic mass is 10.1. The molecule has 26 heavy (non-hydrogen) atoms. The number of nitrogens with zero attached hydrogens (tertiary/aromatic N) is 2. The third kappa shape index (κ3) is 4.11. The Kier molecular flexibility index (Phi) is 5.69. The lowest BCUT2D eigenvalue weighted by Gasteiger charge is -2.39. The van der Waals surface area contributed by atoms with Crippen LogP contribution in [0.1, 0.15) is 6.92 Å². The van der Waals surface area contributed by atoms with Gasteiger partial charge in [-0.3, -0.25) is 9.59 Å². The number of hydrogen-bond acceptors (Lipinski definition) is 3. The third-order valence-electron chi connectivity index (χ3n) is 4.29. The van der Waals surface area contributed by atoms with Crippen LogP contribution in [0, 0.1) is 0 Å². The standard InChI is InChI=1S/C19H18Cl2N2O3/c1-13-19(25)23(16-6-2-14(20)3-7-16)11-10-22(13)18(24)12-26-17-8-4-15(21)5-9-17/h2-9,13H,10-12H2,1H3/t13-/m0/s1. The Labute approximate surface area is 162 Å². The summed E-state index contributed by atoms with van der Waals surface area (Å²) in [6, 6.07) is 13.3. The fourth-order valence-electron chi connectivity index (χ4n) is 2.85. The molecule has 2 aromatic carbocycles. The topological polar surface area (TPSA) is 49.9 Å². The quantitative estimate of drug-likeness (QED) is 0.797. The monoisotopic (exact) mass is 392 g/mol. The van der Waals surface area contributed by atoms with E-state index in [1.54, 1.807) is 65.3 Å². The lowest BCUT2D eigenvalue weighted by Crippen LogP contribution is -2.58. The summed E-state index contributed by atoms with van der Waals surface area (Å²) in [7, 11) is 0. The largest absolute Gasteiger partial charge is 0.484 e. The Bertz CT molecular complexity index is 793. The summed E-state index contributed by atoms with van der Waals surface area (Å²) in [6.07, 6.45) is 0. The second kappa shape index (κ2) is 7.98. The van der Waals surface area contributed by atoms with Crippen molar-refractivity contribution in [3.63, 3.8) is 0 Å². The molecule has 1 aliphatic heterocycles. The van der Waals surface area contributed by atoms with E-state index in [9.17, 15) is 9.59 Å². The van der Waals surface area contributed by atoms with Crippen LogP contribution in [0.15, 0.2) is 48.5 Å². The molecule has 1 aliphatic rings. The minimum Gasteiger partial charge on any atom is -0.484 e. The van der Waals surface area contributed by atoms with Crippen molar-refractivity contribution in [1.29, 1.82) is 0 Å². The van der Waals surface area contributed by atoms with Crippen LogP contribution in [0.25, 0.3) is 0 Å². The van der Waals surface area contributed by atoms with E-state index in [0.29, 0.717) is 28.9 Å². The van der Waals surface area contributed by atoms with E-state index < -0.39 is 6.04 Å². The van der Waals surface area contributed by atoms with Crippen LogP contribution in [0.5, 0.6) is 5.75 Å². The van der Waals surface area contributed by atoms with Gasteiger partial charge in [0.15, 0.2) is 6.61 Å². The number of halogens is 2. The smallest absolute Gasteiger partial charge is 0.261 e. The van der Waals surface area contributed by atoms with Crippen molar-refractivity contribution >= 4 is 40.7 Å². The lowest BCUT2D eigenvalue weighted by molar-refractivity contribution is -0.142. The van der Waals surface area contributed by atoms with Gasteiger partial charge in [0.1, 0.15) is 11.8 Å². The third-order valence-corrected chi connectivity index (χ3v) is 4.79. The van der Waals surface area contributed by atoms with Crippen LogP contribution in [0.3, 0.4) is 0 Å². The van der Waals surface area contributed by atoms with Gasteiger partial charge in [-0.15, -0.1) is 0 Å². The van der Waals surface area contributed by atoms with E-state index in [-0.39, 0.29) is 18.4 Å². The molecule has 3 rings (SSSR count). The number of carbonyl (C=O) groups excluding carboxylic acids is 2. The zero-order valence-corrected chi connectivity index (χ0v) is 15.7. The molecule has 1 fully saturated rings. The van der Waals surface area contributed by atoms with Crippen molar-refractivity contribution in [3.8, 4) is 5.75 Å². The minimum atomic E-state index is -0.555. The van der Waals surface area contributed by atoms with Gasteiger partial charge in [0.05, 0.1) is 0 Å². The number of amides is 2. The molecule has 2 amide bonds. The Hall–Kier alpha value is -2.24. The van der Waals surface area contributed by atoms with Crippen LogP contribution in [-0.4, -0.2) is 42.5 Å². The van der Waals surface area contributed by atoms with E-state index in [2.05, 4.69) is 0 Å². The molecule has 1 saturated heterocycles. The van der Waals surface area contributed by atoms with Gasteiger partial charge in [-0.1, -0.05) is 23.2 Å². The summed E-state index contributed by atoms with van der Waals surface area (Å²) >= 11 is 11.7. The summed E-state index contributed by atoms with van der Waals surface area (Å²) in [5.41, 5.74) is 0.774. The van der Waals surface area contributed by atoms with Gasteiger partial charge in [0.2, 0.25) is 5.91 Å². The first-order chi connectivity index (χ1) is 12.5. The average Bonchev–Trinajstić information content (AvgIpc) is 2.64. The van der Waals surface area contributed by atoms with E-state index in [0.717, 1.165) is 5.69 Å². The highest BCUT2D eigenvalue weighted by Crippen LogP contribution is 2.23. The van der Waals surface area contributed by atoms with E-state index in [1.807, 2.05) is 0 Å². The number of ether oxygens (including phenoxy) is 1. The summed E-state index contributed by atoms with van der Waals surface area (Å²) in [4.78, 5) is 28.4. The fraction of sp³-hybridized carbons (Fsp3) is 0.263. The fourth-order valence-corrected chi connectivity index (χ4v) is 3.10. The summed E-state index contributed by atoms with van der Waals surface area (Å²) in [6.45, 7) is 2.47. The maximum absolute atomic E-state index is 12.7. The number of rotatable bonds is 4. The Morgan fingerprint density at radius 1 is 1.04 bits per heavy atom. The van der Waals surface area contributed by atoms with Crippen LogP contribution in [-0.2, 0) is 9.59 Å². The van der Waals surface area contributed by atoms with Crippen molar-refractivity contribution in [2.45, 2.75) is 13.0 Å². The summed E-state index contributed by atoms with van der Waals surface area (Å²) in [5, 5.41) is 1.21. The Balaban J connectivity index is 1.61. The van der Waals surface area contributed by atoms with Crippen molar-refractivity contribution in [3.05, 3.63) is 58.6 Å². The molecule has 5 nitrogen and oxygen atoms in total. The molecule has 0 N–H and O–H groups in total. The second-order valence-corrected chi connectivity index (χ2v) is 6.84. The first-order valence-electron chi connectivity index (χ1n) is 8.20. The predicted octanol–water partition coefficient (Wildman–Crippen LogP) is 3.64. The first-order valence-corrected chi connectivity index (χ1v) is 8.96. The minimum absolute atomic E-state index is 0.125. The molecule has 1 atom stereocenters. The van der Waals surface area contributed by atoms with Crippen LogP contribution in [0.4, 0.5) is 5.69 Å². The number of carbonyl (C=O) groups is 2. The zero-order valence-electron chi connectivity index (χ0n) is 14.2. The zero-order chi connectivity index (χ0) is 18.7. The molecule has 136 valence electrons. The van der Waals surface area contributed by atoms with Crippen molar-refractivity contribution in [2.75, 3.05) is 24.6 Å². The average molecular weight is 393 g/mol. The molecule has 2 aromatic rings. The number of benzene rings is 2. The molecule has 7 heteroatoms. The van der Waals surface area contributed by atoms with Crippen molar-refractivity contribution in [1.82, 2.24) is 4.90 Å². The molecule has 0 aromatic heterocycles. The maximum atomic E-state index is 12.7. The highest BCUT2D eigenvalue weighted by molar-refractivity contribution is 6.30. The van der Waals surface area contributed by atoms with Gasteiger partial charge < -0.3 is 14.5 Å². The number of hydrogen-bond donors (Lipinski definition) is 0. The van der Waals surface area contributed by atoms with Crippen LogP contribution >= 0.6 is 23.2 Å². The molecule has 0 bridgehead atoms. The van der Waals surface area contributed by atoms with Crippen molar-refractivity contribution in [2.24, 2.45) is 0 Å². The summed E-state index contributed by atoms with van der Waals surface area (Å²) in [5.74, 6) is 0.205. The van der Waals surface area contributed by atoms with Gasteiger partial charge >= 0.3 is 0 Å². The van der Waals surface area contributed by atoms with E-state index in [1.165, 1.54) is 0 Å². The highest BCUT2D eigenvalue weighted by atomic mass is 35.5. The molecule has 0 saturated carbocycles. The van der Waals surface area contributed by atoms with Gasteiger partial charge in [0, 0.05) is 28.8 Å². The molecule has 0 unspecified atom stereocenters. The van der Waals surface area contributed by atoms with E-state index in [4.69, 9.17) is 27.9 Å². The van der Waals surface area contributed by atoms with E-state index >= 15 is 0 Å². The van der Waals surface area contributed by atoms with Gasteiger partial charge in [-0.2, -0.15) is 0 Å². The first kappa shape index (κ1) is 18.5. The molecule has 0 radical (unpaired) electrons.